The molecule has 114 valence electrons. The van der Waals surface area contributed by atoms with E-state index in [4.69, 9.17) is 11.5 Å². The topological polar surface area (TPSA) is 55.3 Å². The lowest BCUT2D eigenvalue weighted by molar-refractivity contribution is 0.262. The Labute approximate surface area is 124 Å². The summed E-state index contributed by atoms with van der Waals surface area (Å²) in [6.07, 6.45) is 3.30. The Bertz CT molecular complexity index is 340. The largest absolute Gasteiger partial charge is 0.330 e. The van der Waals surface area contributed by atoms with Gasteiger partial charge in [0.05, 0.1) is 0 Å². The first-order chi connectivity index (χ1) is 9.71. The molecular formula is C17H31N3. The molecule has 0 amide bonds. The predicted molar refractivity (Wildman–Crippen MR) is 87.8 cm³/mol. The van der Waals surface area contributed by atoms with Crippen LogP contribution in [-0.2, 0) is 6.54 Å². The molecule has 20 heavy (non-hydrogen) atoms. The third-order valence-electron chi connectivity index (χ3n) is 3.92. The number of rotatable bonds is 10. The number of benzene rings is 1. The minimum Gasteiger partial charge on any atom is -0.330 e. The summed E-state index contributed by atoms with van der Waals surface area (Å²) in [6.45, 7) is 9.15. The molecule has 1 rings (SSSR count). The summed E-state index contributed by atoms with van der Waals surface area (Å²) >= 11 is 0. The van der Waals surface area contributed by atoms with Gasteiger partial charge in [-0.05, 0) is 62.5 Å². The van der Waals surface area contributed by atoms with Gasteiger partial charge in [0.25, 0.3) is 0 Å². The number of nitrogens with zero attached hydrogens (tertiary/aromatic N) is 1. The maximum atomic E-state index is 5.62. The van der Waals surface area contributed by atoms with Crippen molar-refractivity contribution in [3.8, 4) is 0 Å². The fraction of sp³-hybridized carbons (Fsp3) is 0.647. The molecule has 0 aliphatic heterocycles. The molecule has 0 bridgehead atoms. The molecule has 3 heteroatoms. The minimum absolute atomic E-state index is 0.648. The van der Waals surface area contributed by atoms with Crippen molar-refractivity contribution in [1.29, 1.82) is 0 Å². The van der Waals surface area contributed by atoms with Crippen LogP contribution in [0.5, 0.6) is 0 Å². The molecule has 0 spiro atoms. The van der Waals surface area contributed by atoms with Crippen LogP contribution < -0.4 is 11.5 Å². The van der Waals surface area contributed by atoms with Crippen molar-refractivity contribution in [3.63, 3.8) is 0 Å². The van der Waals surface area contributed by atoms with Crippen LogP contribution in [0.4, 0.5) is 0 Å². The van der Waals surface area contributed by atoms with Crippen molar-refractivity contribution in [2.24, 2.45) is 11.5 Å². The second-order valence-electron chi connectivity index (χ2n) is 5.61. The van der Waals surface area contributed by atoms with Gasteiger partial charge in [0.15, 0.2) is 0 Å². The van der Waals surface area contributed by atoms with E-state index in [1.807, 2.05) is 0 Å². The Morgan fingerprint density at radius 2 is 1.55 bits per heavy atom. The Morgan fingerprint density at radius 3 is 2.00 bits per heavy atom. The van der Waals surface area contributed by atoms with Gasteiger partial charge < -0.3 is 11.5 Å². The van der Waals surface area contributed by atoms with Gasteiger partial charge >= 0.3 is 0 Å². The predicted octanol–water partition coefficient (Wildman–Crippen LogP) is 2.70. The smallest absolute Gasteiger partial charge is 0.0233 e. The first kappa shape index (κ1) is 17.2. The van der Waals surface area contributed by atoms with Crippen molar-refractivity contribution in [1.82, 2.24) is 4.90 Å². The Hall–Kier alpha value is -0.900. The second kappa shape index (κ2) is 9.92. The number of nitrogens with two attached hydrogens (primary N) is 2. The number of hydrogen-bond donors (Lipinski definition) is 2. The van der Waals surface area contributed by atoms with Crippen molar-refractivity contribution in [3.05, 3.63) is 35.4 Å². The monoisotopic (exact) mass is 277 g/mol. The van der Waals surface area contributed by atoms with E-state index in [0.717, 1.165) is 45.6 Å². The molecule has 1 aromatic carbocycles. The van der Waals surface area contributed by atoms with Crippen LogP contribution in [0.25, 0.3) is 0 Å². The molecule has 3 nitrogen and oxygen atoms in total. The van der Waals surface area contributed by atoms with Gasteiger partial charge in [-0.1, -0.05) is 38.1 Å². The highest BCUT2D eigenvalue weighted by Gasteiger charge is 2.07. The average Bonchev–Trinajstić information content (AvgIpc) is 2.49. The molecule has 1 unspecified atom stereocenters. The van der Waals surface area contributed by atoms with E-state index in [-0.39, 0.29) is 0 Å². The standard InChI is InChI=1S/C17H31N3/c1-3-15(2)17-8-6-16(7-9-17)14-20(12-4-10-18)13-5-11-19/h6-9,15H,3-5,10-14,18-19H2,1-2H3. The minimum atomic E-state index is 0.648. The van der Waals surface area contributed by atoms with Gasteiger partial charge in [0.2, 0.25) is 0 Å². The molecular weight excluding hydrogens is 246 g/mol. The Kier molecular flexibility index (Phi) is 8.51. The maximum Gasteiger partial charge on any atom is 0.0233 e. The molecule has 0 aliphatic rings. The SMILES string of the molecule is CCC(C)c1ccc(CN(CCCN)CCCN)cc1. The Balaban J connectivity index is 2.57. The van der Waals surface area contributed by atoms with E-state index in [0.29, 0.717) is 5.92 Å². The molecule has 4 N–H and O–H groups in total. The van der Waals surface area contributed by atoms with Gasteiger partial charge in [0.1, 0.15) is 0 Å². The molecule has 1 atom stereocenters. The van der Waals surface area contributed by atoms with Crippen LogP contribution in [-0.4, -0.2) is 31.1 Å². The van der Waals surface area contributed by atoms with E-state index in [9.17, 15) is 0 Å². The fourth-order valence-corrected chi connectivity index (χ4v) is 2.35. The van der Waals surface area contributed by atoms with Crippen molar-refractivity contribution in [2.75, 3.05) is 26.2 Å². The fourth-order valence-electron chi connectivity index (χ4n) is 2.35. The van der Waals surface area contributed by atoms with Gasteiger partial charge in [-0.3, -0.25) is 4.90 Å². The summed E-state index contributed by atoms with van der Waals surface area (Å²) in [6, 6.07) is 9.07. The zero-order valence-corrected chi connectivity index (χ0v) is 13.1. The van der Waals surface area contributed by atoms with Crippen molar-refractivity contribution >= 4 is 0 Å². The van der Waals surface area contributed by atoms with Crippen LogP contribution in [0.2, 0.25) is 0 Å². The summed E-state index contributed by atoms with van der Waals surface area (Å²) in [7, 11) is 0. The summed E-state index contributed by atoms with van der Waals surface area (Å²) in [5, 5.41) is 0. The van der Waals surface area contributed by atoms with Gasteiger partial charge in [-0.15, -0.1) is 0 Å². The van der Waals surface area contributed by atoms with Crippen molar-refractivity contribution in [2.45, 2.75) is 45.6 Å². The van der Waals surface area contributed by atoms with Gasteiger partial charge in [0, 0.05) is 6.54 Å². The molecule has 0 saturated heterocycles. The maximum absolute atomic E-state index is 5.62. The average molecular weight is 277 g/mol. The van der Waals surface area contributed by atoms with E-state index in [1.54, 1.807) is 0 Å². The van der Waals surface area contributed by atoms with Crippen molar-refractivity contribution < 1.29 is 0 Å². The van der Waals surface area contributed by atoms with E-state index in [1.165, 1.54) is 17.5 Å². The van der Waals surface area contributed by atoms with Crippen LogP contribution in [0.1, 0.15) is 50.2 Å². The lowest BCUT2D eigenvalue weighted by Crippen LogP contribution is -2.28. The van der Waals surface area contributed by atoms with E-state index in [2.05, 4.69) is 43.0 Å². The van der Waals surface area contributed by atoms with Crippen LogP contribution in [0, 0.1) is 0 Å². The molecule has 0 radical (unpaired) electrons. The molecule has 0 heterocycles. The van der Waals surface area contributed by atoms with Crippen LogP contribution >= 0.6 is 0 Å². The first-order valence-electron chi connectivity index (χ1n) is 7.92. The summed E-state index contributed by atoms with van der Waals surface area (Å²) in [4.78, 5) is 2.46. The third-order valence-corrected chi connectivity index (χ3v) is 3.92. The highest BCUT2D eigenvalue weighted by Crippen LogP contribution is 2.19. The molecule has 0 aliphatic carbocycles. The Morgan fingerprint density at radius 1 is 1.00 bits per heavy atom. The first-order valence-corrected chi connectivity index (χ1v) is 7.92. The number of hydrogen-bond acceptors (Lipinski definition) is 3. The highest BCUT2D eigenvalue weighted by molar-refractivity contribution is 5.25. The van der Waals surface area contributed by atoms with E-state index < -0.39 is 0 Å². The second-order valence-corrected chi connectivity index (χ2v) is 5.61. The quantitative estimate of drug-likeness (QED) is 0.691. The lowest BCUT2D eigenvalue weighted by Gasteiger charge is -2.22. The molecule has 0 aromatic heterocycles. The normalized spacial score (nSPS) is 12.8. The van der Waals surface area contributed by atoms with Gasteiger partial charge in [-0.2, -0.15) is 0 Å². The molecule has 0 saturated carbocycles. The molecule has 0 fully saturated rings. The van der Waals surface area contributed by atoms with Gasteiger partial charge in [-0.25, -0.2) is 0 Å². The van der Waals surface area contributed by atoms with Crippen LogP contribution in [0.15, 0.2) is 24.3 Å². The molecule has 1 aromatic rings. The summed E-state index contributed by atoms with van der Waals surface area (Å²) in [5.74, 6) is 0.648. The van der Waals surface area contributed by atoms with Crippen LogP contribution in [0.3, 0.4) is 0 Å². The zero-order valence-electron chi connectivity index (χ0n) is 13.1. The van der Waals surface area contributed by atoms with E-state index >= 15 is 0 Å². The zero-order chi connectivity index (χ0) is 14.8. The lowest BCUT2D eigenvalue weighted by atomic mass is 9.97. The highest BCUT2D eigenvalue weighted by atomic mass is 15.1. The third kappa shape index (κ3) is 6.04. The summed E-state index contributed by atoms with van der Waals surface area (Å²) < 4.78 is 0. The summed E-state index contributed by atoms with van der Waals surface area (Å²) in [5.41, 5.74) is 14.0.